The van der Waals surface area contributed by atoms with E-state index in [1.54, 1.807) is 12.1 Å². The number of benzene rings is 1. The molecule has 17 heavy (non-hydrogen) atoms. The lowest BCUT2D eigenvalue weighted by Crippen LogP contribution is -2.18. The van der Waals surface area contributed by atoms with Gasteiger partial charge in [0.25, 0.3) is 0 Å². The molecule has 2 aromatic rings. The van der Waals surface area contributed by atoms with E-state index in [4.69, 9.17) is 5.73 Å². The van der Waals surface area contributed by atoms with Gasteiger partial charge in [0.05, 0.1) is 6.04 Å². The van der Waals surface area contributed by atoms with Gasteiger partial charge >= 0.3 is 0 Å². The van der Waals surface area contributed by atoms with Crippen LogP contribution in [0.1, 0.15) is 25.7 Å². The summed E-state index contributed by atoms with van der Waals surface area (Å²) < 4.78 is 13.1. The van der Waals surface area contributed by atoms with E-state index in [0.29, 0.717) is 17.2 Å². The zero-order valence-electron chi connectivity index (χ0n) is 9.81. The summed E-state index contributed by atoms with van der Waals surface area (Å²) in [5.74, 6) is 1.06. The average molecular weight is 234 g/mol. The highest BCUT2D eigenvalue weighted by Crippen LogP contribution is 2.19. The van der Waals surface area contributed by atoms with Gasteiger partial charge in [-0.3, -0.25) is 5.10 Å². The molecule has 0 saturated carbocycles. The van der Waals surface area contributed by atoms with Crippen LogP contribution in [-0.2, 0) is 0 Å². The van der Waals surface area contributed by atoms with Gasteiger partial charge in [0, 0.05) is 5.56 Å². The first kappa shape index (κ1) is 11.7. The molecule has 0 fully saturated rings. The second kappa shape index (κ2) is 4.63. The van der Waals surface area contributed by atoms with Crippen molar-refractivity contribution in [2.45, 2.75) is 19.9 Å². The van der Waals surface area contributed by atoms with Crippen molar-refractivity contribution in [2.24, 2.45) is 11.7 Å². The molecule has 0 saturated heterocycles. The zero-order chi connectivity index (χ0) is 12.4. The summed E-state index contributed by atoms with van der Waals surface area (Å²) in [5.41, 5.74) is 6.59. The highest BCUT2D eigenvalue weighted by atomic mass is 19.1. The Morgan fingerprint density at radius 2 is 2.12 bits per heavy atom. The Hall–Kier alpha value is -1.75. The van der Waals surface area contributed by atoms with Gasteiger partial charge in [-0.15, -0.1) is 0 Å². The van der Waals surface area contributed by atoms with Gasteiger partial charge < -0.3 is 5.73 Å². The maximum atomic E-state index is 13.1. The molecule has 0 aliphatic rings. The Kier molecular flexibility index (Phi) is 3.19. The molecular formula is C12H15FN4. The van der Waals surface area contributed by atoms with Gasteiger partial charge in [0.15, 0.2) is 5.82 Å². The average Bonchev–Trinajstić information content (AvgIpc) is 2.77. The topological polar surface area (TPSA) is 67.6 Å². The molecule has 0 amide bonds. The quantitative estimate of drug-likeness (QED) is 0.856. The predicted molar refractivity (Wildman–Crippen MR) is 63.5 cm³/mol. The lowest BCUT2D eigenvalue weighted by Gasteiger charge is -2.11. The molecule has 1 atom stereocenters. The van der Waals surface area contributed by atoms with Gasteiger partial charge in [0.2, 0.25) is 0 Å². The summed E-state index contributed by atoms with van der Waals surface area (Å²) in [5, 5.41) is 6.84. The summed E-state index contributed by atoms with van der Waals surface area (Å²) in [6.45, 7) is 4.02. The molecular weight excluding hydrogens is 219 g/mol. The van der Waals surface area contributed by atoms with Crippen molar-refractivity contribution in [3.8, 4) is 11.4 Å². The van der Waals surface area contributed by atoms with Crippen molar-refractivity contribution in [2.75, 3.05) is 0 Å². The lowest BCUT2D eigenvalue weighted by atomic mass is 10.1. The molecule has 0 aliphatic heterocycles. The summed E-state index contributed by atoms with van der Waals surface area (Å²) in [4.78, 5) is 4.28. The number of rotatable bonds is 3. The third kappa shape index (κ3) is 2.50. The van der Waals surface area contributed by atoms with Crippen molar-refractivity contribution in [1.82, 2.24) is 15.2 Å². The van der Waals surface area contributed by atoms with E-state index in [1.807, 2.05) is 13.8 Å². The van der Waals surface area contributed by atoms with Crippen LogP contribution in [-0.4, -0.2) is 15.2 Å². The second-order valence-corrected chi connectivity index (χ2v) is 4.32. The molecule has 0 spiro atoms. The number of hydrogen-bond donors (Lipinski definition) is 2. The fourth-order valence-electron chi connectivity index (χ4n) is 1.50. The summed E-state index contributed by atoms with van der Waals surface area (Å²) >= 11 is 0. The number of aromatic amines is 1. The molecule has 3 N–H and O–H groups in total. The monoisotopic (exact) mass is 234 g/mol. The highest BCUT2D eigenvalue weighted by Gasteiger charge is 2.15. The van der Waals surface area contributed by atoms with E-state index in [2.05, 4.69) is 15.2 Å². The Morgan fingerprint density at radius 3 is 2.76 bits per heavy atom. The van der Waals surface area contributed by atoms with Gasteiger partial charge in [0.1, 0.15) is 11.6 Å². The van der Waals surface area contributed by atoms with Crippen LogP contribution >= 0.6 is 0 Å². The van der Waals surface area contributed by atoms with Gasteiger partial charge in [-0.1, -0.05) is 26.0 Å². The molecule has 0 aliphatic carbocycles. The Labute approximate surface area is 99.1 Å². The molecule has 0 radical (unpaired) electrons. The number of halogens is 1. The third-order valence-electron chi connectivity index (χ3n) is 2.62. The van der Waals surface area contributed by atoms with Gasteiger partial charge in [-0.05, 0) is 18.1 Å². The fraction of sp³-hybridized carbons (Fsp3) is 0.333. The first-order chi connectivity index (χ1) is 8.08. The van der Waals surface area contributed by atoms with Crippen LogP contribution in [0.15, 0.2) is 24.3 Å². The molecule has 1 aromatic carbocycles. The number of H-pyrrole nitrogens is 1. The van der Waals surface area contributed by atoms with E-state index in [0.717, 1.165) is 0 Å². The Morgan fingerprint density at radius 1 is 1.35 bits per heavy atom. The van der Waals surface area contributed by atoms with Crippen LogP contribution in [0.2, 0.25) is 0 Å². The number of nitrogens with one attached hydrogen (secondary N) is 1. The first-order valence-electron chi connectivity index (χ1n) is 5.51. The maximum Gasteiger partial charge on any atom is 0.181 e. The molecule has 2 rings (SSSR count). The normalized spacial score (nSPS) is 13.0. The Bertz CT molecular complexity index is 507. The van der Waals surface area contributed by atoms with Crippen LogP contribution < -0.4 is 5.73 Å². The molecule has 4 nitrogen and oxygen atoms in total. The zero-order valence-corrected chi connectivity index (χ0v) is 9.81. The van der Waals surface area contributed by atoms with Gasteiger partial charge in [-0.25, -0.2) is 9.37 Å². The van der Waals surface area contributed by atoms with Crippen LogP contribution in [0.25, 0.3) is 11.4 Å². The summed E-state index contributed by atoms with van der Waals surface area (Å²) in [6.07, 6.45) is 0. The number of aromatic nitrogens is 3. The maximum absolute atomic E-state index is 13.1. The number of nitrogens with two attached hydrogens (primary N) is 1. The minimum Gasteiger partial charge on any atom is -0.321 e. The summed E-state index contributed by atoms with van der Waals surface area (Å²) in [6, 6.07) is 5.98. The molecule has 1 aromatic heterocycles. The number of hydrogen-bond acceptors (Lipinski definition) is 3. The predicted octanol–water partition coefficient (Wildman–Crippen LogP) is 2.27. The minimum absolute atomic E-state index is 0.190. The molecule has 0 bridgehead atoms. The third-order valence-corrected chi connectivity index (χ3v) is 2.62. The van der Waals surface area contributed by atoms with Gasteiger partial charge in [-0.2, -0.15) is 5.10 Å². The number of nitrogens with zero attached hydrogens (tertiary/aromatic N) is 2. The lowest BCUT2D eigenvalue weighted by molar-refractivity contribution is 0.492. The van der Waals surface area contributed by atoms with Crippen molar-refractivity contribution < 1.29 is 4.39 Å². The largest absolute Gasteiger partial charge is 0.321 e. The van der Waals surface area contributed by atoms with E-state index in [-0.39, 0.29) is 17.8 Å². The van der Waals surface area contributed by atoms with Crippen LogP contribution in [0.3, 0.4) is 0 Å². The molecule has 90 valence electrons. The van der Waals surface area contributed by atoms with Crippen molar-refractivity contribution >= 4 is 0 Å². The van der Waals surface area contributed by atoms with Crippen molar-refractivity contribution in [1.29, 1.82) is 0 Å². The molecule has 1 heterocycles. The van der Waals surface area contributed by atoms with Crippen LogP contribution in [0.5, 0.6) is 0 Å². The van der Waals surface area contributed by atoms with E-state index in [1.165, 1.54) is 12.1 Å². The smallest absolute Gasteiger partial charge is 0.181 e. The van der Waals surface area contributed by atoms with Crippen LogP contribution in [0.4, 0.5) is 4.39 Å². The molecule has 0 unspecified atom stereocenters. The molecule has 5 heteroatoms. The van der Waals surface area contributed by atoms with E-state index >= 15 is 0 Å². The van der Waals surface area contributed by atoms with Crippen LogP contribution in [0, 0.1) is 11.7 Å². The standard InChI is InChI=1S/C12H15FN4/c1-7(2)10(14)12-15-11(16-17-12)8-4-3-5-9(13)6-8/h3-7,10H,14H2,1-2H3,(H,15,16,17)/t10-/m1/s1. The van der Waals surface area contributed by atoms with Crippen molar-refractivity contribution in [3.05, 3.63) is 35.9 Å². The highest BCUT2D eigenvalue weighted by molar-refractivity contribution is 5.54. The SMILES string of the molecule is CC(C)[C@@H](N)c1nc(-c2cccc(F)c2)n[nH]1. The Balaban J connectivity index is 2.30. The summed E-state index contributed by atoms with van der Waals surface area (Å²) in [7, 11) is 0. The second-order valence-electron chi connectivity index (χ2n) is 4.32. The fourth-order valence-corrected chi connectivity index (χ4v) is 1.50. The first-order valence-corrected chi connectivity index (χ1v) is 5.51. The van der Waals surface area contributed by atoms with E-state index in [9.17, 15) is 4.39 Å². The van der Waals surface area contributed by atoms with E-state index < -0.39 is 0 Å². The minimum atomic E-state index is -0.304. The van der Waals surface area contributed by atoms with Crippen molar-refractivity contribution in [3.63, 3.8) is 0 Å².